The van der Waals surface area contributed by atoms with Crippen molar-refractivity contribution >= 4 is 28.4 Å². The van der Waals surface area contributed by atoms with E-state index in [2.05, 4.69) is 4.98 Å². The summed E-state index contributed by atoms with van der Waals surface area (Å²) in [6.45, 7) is 1.18. The van der Waals surface area contributed by atoms with Crippen molar-refractivity contribution in [1.82, 2.24) is 9.88 Å². The van der Waals surface area contributed by atoms with E-state index in [1.54, 1.807) is 23.1 Å². The number of aromatic nitrogens is 1. The van der Waals surface area contributed by atoms with E-state index in [9.17, 15) is 9.59 Å². The van der Waals surface area contributed by atoms with Crippen LogP contribution in [0.4, 0.5) is 0 Å². The fourth-order valence-corrected chi connectivity index (χ4v) is 3.74. The van der Waals surface area contributed by atoms with Crippen molar-refractivity contribution in [3.05, 3.63) is 45.2 Å². The number of carbonyl (C=O) groups is 1. The molecule has 2 fully saturated rings. The molecule has 1 saturated heterocycles. The minimum Gasteiger partial charge on any atom is -0.360 e. The van der Waals surface area contributed by atoms with Crippen molar-refractivity contribution in [2.45, 2.75) is 18.9 Å². The van der Waals surface area contributed by atoms with Gasteiger partial charge in [0, 0.05) is 35.7 Å². The normalized spacial score (nSPS) is 24.3. The van der Waals surface area contributed by atoms with Gasteiger partial charge in [0.1, 0.15) is 5.56 Å². The molecule has 120 valence electrons. The van der Waals surface area contributed by atoms with Gasteiger partial charge < -0.3 is 15.6 Å². The van der Waals surface area contributed by atoms with Crippen LogP contribution in [0.15, 0.2) is 29.2 Å². The average Bonchev–Trinajstić information content (AvgIpc) is 3.29. The van der Waals surface area contributed by atoms with Gasteiger partial charge in [-0.3, -0.25) is 9.59 Å². The Labute approximate surface area is 138 Å². The number of H-pyrrole nitrogens is 1. The lowest BCUT2D eigenvalue weighted by Crippen LogP contribution is -2.34. The molecule has 1 aliphatic carbocycles. The van der Waals surface area contributed by atoms with Crippen molar-refractivity contribution in [3.63, 3.8) is 0 Å². The summed E-state index contributed by atoms with van der Waals surface area (Å²) < 4.78 is 0. The van der Waals surface area contributed by atoms with Gasteiger partial charge >= 0.3 is 0 Å². The minimum atomic E-state index is -0.260. The van der Waals surface area contributed by atoms with E-state index < -0.39 is 0 Å². The van der Waals surface area contributed by atoms with Crippen molar-refractivity contribution in [1.29, 1.82) is 0 Å². The molecule has 0 bridgehead atoms. The van der Waals surface area contributed by atoms with E-state index in [1.165, 1.54) is 19.0 Å². The van der Waals surface area contributed by atoms with Crippen LogP contribution in [0.25, 0.3) is 10.9 Å². The second-order valence-electron chi connectivity index (χ2n) is 6.60. The summed E-state index contributed by atoms with van der Waals surface area (Å²) in [7, 11) is 0. The average molecular weight is 332 g/mol. The van der Waals surface area contributed by atoms with Crippen LogP contribution in [-0.2, 0) is 0 Å². The van der Waals surface area contributed by atoms with Gasteiger partial charge in [0.15, 0.2) is 0 Å². The number of nitrogens with one attached hydrogen (secondary N) is 1. The van der Waals surface area contributed by atoms with Gasteiger partial charge in [0.05, 0.1) is 5.52 Å². The molecule has 0 radical (unpaired) electrons. The van der Waals surface area contributed by atoms with Crippen LogP contribution in [0.2, 0.25) is 5.02 Å². The molecule has 0 unspecified atom stereocenters. The number of aromatic amines is 1. The Morgan fingerprint density at radius 2 is 2.09 bits per heavy atom. The van der Waals surface area contributed by atoms with Crippen LogP contribution in [0.1, 0.15) is 23.2 Å². The van der Waals surface area contributed by atoms with E-state index in [0.29, 0.717) is 40.9 Å². The molecular formula is C17H18ClN3O2. The van der Waals surface area contributed by atoms with Crippen LogP contribution in [0.3, 0.4) is 0 Å². The largest absolute Gasteiger partial charge is 0.360 e. The molecule has 2 atom stereocenters. The van der Waals surface area contributed by atoms with Crippen molar-refractivity contribution in [2.24, 2.45) is 17.6 Å². The number of hydrogen-bond donors (Lipinski definition) is 2. The standard InChI is InChI=1S/C17H18ClN3O2/c18-10-3-4-11-15(5-10)20-6-12(16(11)22)17(23)21-7-13(9-1-2-9)14(19)8-21/h3-6,9,13-14H,1-2,7-8,19H2,(H,20,22)/t13-,14+/m1/s1. The van der Waals surface area contributed by atoms with Crippen LogP contribution in [0.5, 0.6) is 0 Å². The Morgan fingerprint density at radius 3 is 2.83 bits per heavy atom. The van der Waals surface area contributed by atoms with Gasteiger partial charge in [-0.15, -0.1) is 0 Å². The maximum absolute atomic E-state index is 12.7. The number of hydrogen-bond acceptors (Lipinski definition) is 3. The highest BCUT2D eigenvalue weighted by molar-refractivity contribution is 6.31. The van der Waals surface area contributed by atoms with Gasteiger partial charge in [0.2, 0.25) is 5.43 Å². The summed E-state index contributed by atoms with van der Waals surface area (Å²) in [5.74, 6) is 0.791. The molecule has 1 saturated carbocycles. The van der Waals surface area contributed by atoms with Crippen LogP contribution in [0, 0.1) is 11.8 Å². The number of fused-ring (bicyclic) bond motifs is 1. The summed E-state index contributed by atoms with van der Waals surface area (Å²) in [6, 6.07) is 5.00. The quantitative estimate of drug-likeness (QED) is 0.883. The first-order valence-corrected chi connectivity index (χ1v) is 8.28. The molecule has 1 aromatic carbocycles. The SMILES string of the molecule is N[C@H]1CN(C(=O)c2c[nH]c3cc(Cl)ccc3c2=O)C[C@@H]1C1CC1. The fraction of sp³-hybridized carbons (Fsp3) is 0.412. The molecule has 23 heavy (non-hydrogen) atoms. The van der Waals surface area contributed by atoms with Gasteiger partial charge in [0.25, 0.3) is 5.91 Å². The lowest BCUT2D eigenvalue weighted by Gasteiger charge is -2.16. The van der Waals surface area contributed by atoms with E-state index >= 15 is 0 Å². The van der Waals surface area contributed by atoms with Crippen LogP contribution >= 0.6 is 11.6 Å². The fourth-order valence-electron chi connectivity index (χ4n) is 3.57. The molecule has 5 nitrogen and oxygen atoms in total. The van der Waals surface area contributed by atoms with E-state index in [4.69, 9.17) is 17.3 Å². The number of halogens is 1. The summed E-state index contributed by atoms with van der Waals surface area (Å²) >= 11 is 5.93. The molecule has 2 heterocycles. The third-order valence-electron chi connectivity index (χ3n) is 5.00. The van der Waals surface area contributed by atoms with Crippen molar-refractivity contribution in [3.8, 4) is 0 Å². The smallest absolute Gasteiger partial charge is 0.259 e. The second-order valence-corrected chi connectivity index (χ2v) is 7.03. The molecule has 1 aliphatic heterocycles. The Bertz CT molecular complexity index is 843. The Balaban J connectivity index is 1.66. The van der Waals surface area contributed by atoms with Crippen LogP contribution in [-0.4, -0.2) is 34.9 Å². The molecule has 1 amide bonds. The number of benzene rings is 1. The lowest BCUT2D eigenvalue weighted by atomic mass is 9.99. The van der Waals surface area contributed by atoms with E-state index in [-0.39, 0.29) is 22.9 Å². The monoisotopic (exact) mass is 331 g/mol. The molecule has 2 aromatic rings. The molecule has 0 spiro atoms. The number of amides is 1. The predicted octanol–water partition coefficient (Wildman–Crippen LogP) is 1.99. The molecule has 3 N–H and O–H groups in total. The van der Waals surface area contributed by atoms with E-state index in [1.807, 2.05) is 0 Å². The highest BCUT2D eigenvalue weighted by Crippen LogP contribution is 2.41. The molecule has 1 aromatic heterocycles. The highest BCUT2D eigenvalue weighted by Gasteiger charge is 2.42. The summed E-state index contributed by atoms with van der Waals surface area (Å²) in [4.78, 5) is 30.1. The maximum Gasteiger partial charge on any atom is 0.259 e. The van der Waals surface area contributed by atoms with Gasteiger partial charge in [-0.05, 0) is 42.9 Å². The molecule has 4 rings (SSSR count). The number of rotatable bonds is 2. The summed E-state index contributed by atoms with van der Waals surface area (Å²) in [5.41, 5.74) is 6.72. The van der Waals surface area contributed by atoms with E-state index in [0.717, 1.165) is 0 Å². The molecule has 6 heteroatoms. The number of pyridine rings is 1. The maximum atomic E-state index is 12.7. The van der Waals surface area contributed by atoms with Gasteiger partial charge in [-0.25, -0.2) is 0 Å². The third-order valence-corrected chi connectivity index (χ3v) is 5.24. The Hall–Kier alpha value is -1.85. The van der Waals surface area contributed by atoms with Crippen molar-refractivity contribution < 1.29 is 4.79 Å². The zero-order chi connectivity index (χ0) is 16.1. The lowest BCUT2D eigenvalue weighted by molar-refractivity contribution is 0.0783. The topological polar surface area (TPSA) is 79.2 Å². The first-order chi connectivity index (χ1) is 11.0. The summed E-state index contributed by atoms with van der Waals surface area (Å²) in [6.07, 6.45) is 3.90. The number of likely N-dealkylation sites (tertiary alicyclic amines) is 1. The Morgan fingerprint density at radius 1 is 1.30 bits per heavy atom. The zero-order valence-electron chi connectivity index (χ0n) is 12.6. The minimum absolute atomic E-state index is 0.0183. The third kappa shape index (κ3) is 2.54. The predicted molar refractivity (Wildman–Crippen MR) is 89.7 cm³/mol. The molecular weight excluding hydrogens is 314 g/mol. The summed E-state index contributed by atoms with van der Waals surface area (Å²) in [5, 5.41) is 1.02. The van der Waals surface area contributed by atoms with Crippen molar-refractivity contribution in [2.75, 3.05) is 13.1 Å². The number of nitrogens with zero attached hydrogens (tertiary/aromatic N) is 1. The second kappa shape index (κ2) is 5.35. The first kappa shape index (κ1) is 14.7. The van der Waals surface area contributed by atoms with Gasteiger partial charge in [-0.1, -0.05) is 11.6 Å². The van der Waals surface area contributed by atoms with Crippen LogP contribution < -0.4 is 11.2 Å². The molecule has 2 aliphatic rings. The zero-order valence-corrected chi connectivity index (χ0v) is 13.3. The Kier molecular flexibility index (Phi) is 3.43. The number of carbonyl (C=O) groups excluding carboxylic acids is 1. The van der Waals surface area contributed by atoms with Gasteiger partial charge in [-0.2, -0.15) is 0 Å². The first-order valence-electron chi connectivity index (χ1n) is 7.90. The number of nitrogens with two attached hydrogens (primary N) is 1. The highest BCUT2D eigenvalue weighted by atomic mass is 35.5.